The number of hydrogen-bond acceptors (Lipinski definition) is 4. The molecule has 96 valence electrons. The molecule has 0 saturated carbocycles. The lowest BCUT2D eigenvalue weighted by Gasteiger charge is -2.30. The quantitative estimate of drug-likeness (QED) is 0.802. The van der Waals surface area contributed by atoms with Crippen LogP contribution in [-0.2, 0) is 14.3 Å². The Bertz CT molecular complexity index is 503. The van der Waals surface area contributed by atoms with E-state index in [0.717, 1.165) is 0 Å². The van der Waals surface area contributed by atoms with Gasteiger partial charge in [0.15, 0.2) is 0 Å². The second-order valence-electron chi connectivity index (χ2n) is 4.05. The molecule has 0 amide bonds. The van der Waals surface area contributed by atoms with Gasteiger partial charge in [-0.3, -0.25) is 4.79 Å². The second kappa shape index (κ2) is 4.86. The molecule has 1 aromatic carbocycles. The van der Waals surface area contributed by atoms with E-state index in [2.05, 4.69) is 5.32 Å². The molecule has 0 aromatic heterocycles. The summed E-state index contributed by atoms with van der Waals surface area (Å²) in [4.78, 5) is 22.8. The number of rotatable bonds is 2. The van der Waals surface area contributed by atoms with Crippen molar-refractivity contribution >= 4 is 29.2 Å². The summed E-state index contributed by atoms with van der Waals surface area (Å²) in [5.41, 5.74) is 1.17. The highest BCUT2D eigenvalue weighted by Crippen LogP contribution is 2.39. The number of methoxy groups -OCH3 is 1. The number of carbonyl (C=O) groups excluding carboxylic acids is 1. The zero-order valence-electron chi connectivity index (χ0n) is 9.64. The van der Waals surface area contributed by atoms with Crippen molar-refractivity contribution in [2.24, 2.45) is 0 Å². The van der Waals surface area contributed by atoms with Crippen molar-refractivity contribution in [3.63, 3.8) is 0 Å². The summed E-state index contributed by atoms with van der Waals surface area (Å²) in [6, 6.07) is 4.25. The Hall–Kier alpha value is -1.75. The number of carboxylic acid groups (broad SMARTS) is 1. The molecule has 2 rings (SSSR count). The smallest absolute Gasteiger partial charge is 0.326 e. The number of fused-ring (bicyclic) bond motifs is 1. The normalized spacial score (nSPS) is 21.7. The lowest BCUT2D eigenvalue weighted by Crippen LogP contribution is -2.37. The van der Waals surface area contributed by atoms with E-state index < -0.39 is 23.9 Å². The van der Waals surface area contributed by atoms with Gasteiger partial charge in [-0.05, 0) is 18.6 Å². The van der Waals surface area contributed by atoms with Gasteiger partial charge in [-0.25, -0.2) is 4.79 Å². The molecule has 0 bridgehead atoms. The molecule has 5 nitrogen and oxygen atoms in total. The van der Waals surface area contributed by atoms with Gasteiger partial charge in [-0.15, -0.1) is 0 Å². The molecule has 1 aliphatic heterocycles. The second-order valence-corrected chi connectivity index (χ2v) is 4.45. The number of hydrogen-bond donors (Lipinski definition) is 2. The van der Waals surface area contributed by atoms with E-state index in [4.69, 9.17) is 21.4 Å². The summed E-state index contributed by atoms with van der Waals surface area (Å²) in [5.74, 6) is -2.13. The summed E-state index contributed by atoms with van der Waals surface area (Å²) in [6.45, 7) is 0. The summed E-state index contributed by atoms with van der Waals surface area (Å²) in [6.07, 6.45) is 0.124. The molecular formula is C12H12ClNO4. The monoisotopic (exact) mass is 269 g/mol. The predicted molar refractivity (Wildman–Crippen MR) is 65.9 cm³/mol. The van der Waals surface area contributed by atoms with Crippen molar-refractivity contribution in [1.29, 1.82) is 0 Å². The highest BCUT2D eigenvalue weighted by atomic mass is 35.5. The largest absolute Gasteiger partial charge is 0.480 e. The average Bonchev–Trinajstić information content (AvgIpc) is 2.36. The van der Waals surface area contributed by atoms with E-state index >= 15 is 0 Å². The molecule has 0 aliphatic carbocycles. The zero-order chi connectivity index (χ0) is 13.3. The van der Waals surface area contributed by atoms with E-state index in [-0.39, 0.29) is 6.42 Å². The van der Waals surface area contributed by atoms with Crippen LogP contribution in [0.15, 0.2) is 18.2 Å². The highest BCUT2D eigenvalue weighted by molar-refractivity contribution is 6.32. The van der Waals surface area contributed by atoms with Crippen LogP contribution in [0.4, 0.5) is 5.69 Å². The minimum Gasteiger partial charge on any atom is -0.480 e. The fourth-order valence-corrected chi connectivity index (χ4v) is 2.44. The zero-order valence-corrected chi connectivity index (χ0v) is 10.4. The van der Waals surface area contributed by atoms with Gasteiger partial charge >= 0.3 is 11.9 Å². The van der Waals surface area contributed by atoms with Crippen molar-refractivity contribution in [2.75, 3.05) is 12.4 Å². The number of nitrogens with one attached hydrogen (secondary N) is 1. The van der Waals surface area contributed by atoms with Crippen LogP contribution in [-0.4, -0.2) is 30.2 Å². The first-order valence-corrected chi connectivity index (χ1v) is 5.78. The Kier molecular flexibility index (Phi) is 3.43. The maximum Gasteiger partial charge on any atom is 0.326 e. The molecule has 1 aromatic rings. The standard InChI is InChI=1S/C12H12ClNO4/c1-18-12(17)6-5-9(11(15)16)14-8-4-2-3-7(13)10(6)8/h2-4,6,9,14H,5H2,1H3,(H,15,16)/t6-,9-/m1/s1. The van der Waals surface area contributed by atoms with Gasteiger partial charge in [0.1, 0.15) is 6.04 Å². The third-order valence-electron chi connectivity index (χ3n) is 2.99. The van der Waals surface area contributed by atoms with Gasteiger partial charge in [0.25, 0.3) is 0 Å². The Morgan fingerprint density at radius 1 is 1.50 bits per heavy atom. The molecule has 0 unspecified atom stereocenters. The van der Waals surface area contributed by atoms with Gasteiger partial charge in [-0.2, -0.15) is 0 Å². The van der Waals surface area contributed by atoms with E-state index in [1.165, 1.54) is 7.11 Å². The van der Waals surface area contributed by atoms with Crippen molar-refractivity contribution < 1.29 is 19.4 Å². The van der Waals surface area contributed by atoms with Crippen LogP contribution in [0.1, 0.15) is 17.9 Å². The number of carboxylic acids is 1. The average molecular weight is 270 g/mol. The minimum absolute atomic E-state index is 0.124. The SMILES string of the molecule is COC(=O)[C@@H]1C[C@H](C(=O)O)Nc2cccc(Cl)c21. The first-order valence-electron chi connectivity index (χ1n) is 5.40. The topological polar surface area (TPSA) is 75.6 Å². The molecule has 6 heteroatoms. The summed E-state index contributed by atoms with van der Waals surface area (Å²) in [7, 11) is 1.27. The molecule has 0 radical (unpaired) electrons. The van der Waals surface area contributed by atoms with Gasteiger partial charge in [0, 0.05) is 16.3 Å². The van der Waals surface area contributed by atoms with Crippen LogP contribution in [0.2, 0.25) is 5.02 Å². The van der Waals surface area contributed by atoms with Crippen molar-refractivity contribution in [2.45, 2.75) is 18.4 Å². The van der Waals surface area contributed by atoms with Crippen molar-refractivity contribution in [3.8, 4) is 0 Å². The number of carbonyl (C=O) groups is 2. The number of benzene rings is 1. The van der Waals surface area contributed by atoms with Crippen LogP contribution in [0.25, 0.3) is 0 Å². The third kappa shape index (κ3) is 2.13. The molecule has 0 fully saturated rings. The van der Waals surface area contributed by atoms with Crippen LogP contribution in [0.3, 0.4) is 0 Å². The van der Waals surface area contributed by atoms with E-state index in [9.17, 15) is 9.59 Å². The Balaban J connectivity index is 2.47. The van der Waals surface area contributed by atoms with Crippen molar-refractivity contribution in [3.05, 3.63) is 28.8 Å². The van der Waals surface area contributed by atoms with Crippen LogP contribution in [0.5, 0.6) is 0 Å². The fraction of sp³-hybridized carbons (Fsp3) is 0.333. The van der Waals surface area contributed by atoms with Gasteiger partial charge in [0.05, 0.1) is 13.0 Å². The molecule has 1 heterocycles. The van der Waals surface area contributed by atoms with Crippen LogP contribution < -0.4 is 5.32 Å². The summed E-state index contributed by atoms with van der Waals surface area (Å²) >= 11 is 6.07. The van der Waals surface area contributed by atoms with Crippen LogP contribution >= 0.6 is 11.6 Å². The minimum atomic E-state index is -1.01. The van der Waals surface area contributed by atoms with E-state index in [1.807, 2.05) is 0 Å². The summed E-state index contributed by atoms with van der Waals surface area (Å²) < 4.78 is 4.71. The Morgan fingerprint density at radius 3 is 2.83 bits per heavy atom. The molecule has 2 N–H and O–H groups in total. The number of aliphatic carboxylic acids is 1. The van der Waals surface area contributed by atoms with Gasteiger partial charge in [0.2, 0.25) is 0 Å². The molecular weight excluding hydrogens is 258 g/mol. The van der Waals surface area contributed by atoms with E-state index in [0.29, 0.717) is 16.3 Å². The number of halogens is 1. The predicted octanol–water partition coefficient (Wildman–Crippen LogP) is 1.87. The first kappa shape index (κ1) is 12.7. The van der Waals surface area contributed by atoms with Crippen molar-refractivity contribution in [1.82, 2.24) is 0 Å². The molecule has 0 spiro atoms. The highest BCUT2D eigenvalue weighted by Gasteiger charge is 2.36. The van der Waals surface area contributed by atoms with Crippen LogP contribution in [0, 0.1) is 0 Å². The number of anilines is 1. The summed E-state index contributed by atoms with van der Waals surface area (Å²) in [5, 5.41) is 12.3. The van der Waals surface area contributed by atoms with Gasteiger partial charge in [-0.1, -0.05) is 17.7 Å². The lowest BCUT2D eigenvalue weighted by atomic mass is 9.87. The lowest BCUT2D eigenvalue weighted by molar-refractivity contribution is -0.143. The first-order chi connectivity index (χ1) is 8.54. The molecule has 0 saturated heterocycles. The molecule has 2 atom stereocenters. The van der Waals surface area contributed by atoms with Gasteiger partial charge < -0.3 is 15.2 Å². The third-order valence-corrected chi connectivity index (χ3v) is 3.32. The Labute approximate surface area is 109 Å². The molecule has 1 aliphatic rings. The van der Waals surface area contributed by atoms with E-state index in [1.54, 1.807) is 18.2 Å². The Morgan fingerprint density at radius 2 is 2.22 bits per heavy atom. The maximum absolute atomic E-state index is 11.7. The number of esters is 1. The maximum atomic E-state index is 11.7. The fourth-order valence-electron chi connectivity index (χ4n) is 2.14. The molecule has 18 heavy (non-hydrogen) atoms. The number of ether oxygens (including phenoxy) is 1.